The topological polar surface area (TPSA) is 32.8 Å². The van der Waals surface area contributed by atoms with Crippen molar-refractivity contribution < 1.29 is 9.53 Å². The Bertz CT molecular complexity index is 738. The van der Waals surface area contributed by atoms with Crippen LogP contribution >= 0.6 is 11.6 Å². The van der Waals surface area contributed by atoms with E-state index in [4.69, 9.17) is 16.3 Å². The lowest BCUT2D eigenvalue weighted by atomic mass is 10.1. The molecule has 1 aliphatic heterocycles. The van der Waals surface area contributed by atoms with Gasteiger partial charge in [-0.05, 0) is 55.4 Å². The molecule has 2 aromatic rings. The third-order valence-corrected chi connectivity index (χ3v) is 4.95. The van der Waals surface area contributed by atoms with E-state index in [1.165, 1.54) is 0 Å². The van der Waals surface area contributed by atoms with Gasteiger partial charge in [0, 0.05) is 36.8 Å². The Labute approximate surface area is 154 Å². The van der Waals surface area contributed by atoms with Crippen molar-refractivity contribution in [3.8, 4) is 5.75 Å². The van der Waals surface area contributed by atoms with Crippen LogP contribution in [0.5, 0.6) is 5.75 Å². The van der Waals surface area contributed by atoms with Crippen molar-refractivity contribution in [1.29, 1.82) is 0 Å². The first-order chi connectivity index (χ1) is 12.0. The Morgan fingerprint density at radius 3 is 2.40 bits per heavy atom. The minimum Gasteiger partial charge on any atom is -0.489 e. The standard InChI is InChI=1S/C20H23ClN2O2/c1-15-13-18(7-8-19(15)21)25-14-16-3-5-17(6-4-16)20(24)23-11-9-22(2)10-12-23/h3-8,13H,9-12,14H2,1-2H3. The number of amides is 1. The number of hydrogen-bond donors (Lipinski definition) is 0. The van der Waals surface area contributed by atoms with E-state index in [2.05, 4.69) is 11.9 Å². The maximum Gasteiger partial charge on any atom is 0.253 e. The highest BCUT2D eigenvalue weighted by Gasteiger charge is 2.20. The molecule has 0 aliphatic carbocycles. The number of hydrogen-bond acceptors (Lipinski definition) is 3. The molecule has 0 atom stereocenters. The summed E-state index contributed by atoms with van der Waals surface area (Å²) in [6, 6.07) is 13.3. The average Bonchev–Trinajstić information content (AvgIpc) is 2.63. The van der Waals surface area contributed by atoms with Gasteiger partial charge in [-0.1, -0.05) is 23.7 Å². The van der Waals surface area contributed by atoms with Gasteiger partial charge < -0.3 is 14.5 Å². The number of aryl methyl sites for hydroxylation is 1. The minimum absolute atomic E-state index is 0.105. The zero-order chi connectivity index (χ0) is 17.8. The smallest absolute Gasteiger partial charge is 0.253 e. The van der Waals surface area contributed by atoms with Gasteiger partial charge in [-0.2, -0.15) is 0 Å². The fourth-order valence-electron chi connectivity index (χ4n) is 2.81. The summed E-state index contributed by atoms with van der Waals surface area (Å²) in [4.78, 5) is 16.7. The third-order valence-electron chi connectivity index (χ3n) is 4.53. The molecule has 5 heteroatoms. The second-order valence-electron chi connectivity index (χ2n) is 6.49. The van der Waals surface area contributed by atoms with Gasteiger partial charge in [0.1, 0.15) is 12.4 Å². The van der Waals surface area contributed by atoms with Crippen molar-refractivity contribution in [2.24, 2.45) is 0 Å². The molecule has 1 aliphatic rings. The molecular weight excluding hydrogens is 336 g/mol. The van der Waals surface area contributed by atoms with Crippen LogP contribution in [0.3, 0.4) is 0 Å². The van der Waals surface area contributed by atoms with Gasteiger partial charge in [-0.15, -0.1) is 0 Å². The molecule has 25 heavy (non-hydrogen) atoms. The second-order valence-corrected chi connectivity index (χ2v) is 6.90. The van der Waals surface area contributed by atoms with Crippen LogP contribution in [0.1, 0.15) is 21.5 Å². The Morgan fingerprint density at radius 2 is 1.76 bits per heavy atom. The zero-order valence-corrected chi connectivity index (χ0v) is 15.4. The van der Waals surface area contributed by atoms with Crippen LogP contribution in [-0.4, -0.2) is 48.9 Å². The Hall–Kier alpha value is -2.04. The molecule has 1 saturated heterocycles. The number of likely N-dealkylation sites (N-methyl/N-ethyl adjacent to an activating group) is 1. The van der Waals surface area contributed by atoms with E-state index in [1.54, 1.807) is 0 Å². The molecular formula is C20H23ClN2O2. The number of halogens is 1. The Kier molecular flexibility index (Phi) is 5.61. The molecule has 0 aromatic heterocycles. The van der Waals surface area contributed by atoms with E-state index >= 15 is 0 Å². The van der Waals surface area contributed by atoms with Gasteiger partial charge in [0.2, 0.25) is 0 Å². The van der Waals surface area contributed by atoms with E-state index in [-0.39, 0.29) is 5.91 Å². The quantitative estimate of drug-likeness (QED) is 0.837. The number of benzene rings is 2. The number of rotatable bonds is 4. The Balaban J connectivity index is 1.58. The first kappa shape index (κ1) is 17.8. The molecule has 2 aromatic carbocycles. The van der Waals surface area contributed by atoms with Gasteiger partial charge in [0.05, 0.1) is 0 Å². The van der Waals surface area contributed by atoms with Crippen LogP contribution in [0.2, 0.25) is 5.02 Å². The first-order valence-corrected chi connectivity index (χ1v) is 8.86. The lowest BCUT2D eigenvalue weighted by molar-refractivity contribution is 0.0664. The lowest BCUT2D eigenvalue weighted by Gasteiger charge is -2.32. The maximum atomic E-state index is 12.5. The van der Waals surface area contributed by atoms with Crippen molar-refractivity contribution in [2.75, 3.05) is 33.2 Å². The summed E-state index contributed by atoms with van der Waals surface area (Å²) in [6.45, 7) is 5.85. The Morgan fingerprint density at radius 1 is 1.08 bits per heavy atom. The predicted octanol–water partition coefficient (Wildman–Crippen LogP) is 3.62. The normalized spacial score (nSPS) is 15.2. The summed E-state index contributed by atoms with van der Waals surface area (Å²) < 4.78 is 5.80. The summed E-state index contributed by atoms with van der Waals surface area (Å²) in [5.74, 6) is 0.897. The molecule has 4 nitrogen and oxygen atoms in total. The van der Waals surface area contributed by atoms with E-state index < -0.39 is 0 Å². The highest BCUT2D eigenvalue weighted by molar-refractivity contribution is 6.31. The highest BCUT2D eigenvalue weighted by Crippen LogP contribution is 2.22. The van der Waals surface area contributed by atoms with Crippen molar-refractivity contribution in [1.82, 2.24) is 9.80 Å². The fraction of sp³-hybridized carbons (Fsp3) is 0.350. The monoisotopic (exact) mass is 358 g/mol. The second kappa shape index (κ2) is 7.89. The van der Waals surface area contributed by atoms with E-state index in [0.29, 0.717) is 6.61 Å². The van der Waals surface area contributed by atoms with E-state index in [9.17, 15) is 4.79 Å². The predicted molar refractivity (Wildman–Crippen MR) is 100 cm³/mol. The number of piperazine rings is 1. The third kappa shape index (κ3) is 4.53. The van der Waals surface area contributed by atoms with Crippen LogP contribution in [0.25, 0.3) is 0 Å². The molecule has 0 saturated carbocycles. The molecule has 0 radical (unpaired) electrons. The molecule has 1 amide bonds. The van der Waals surface area contributed by atoms with Gasteiger partial charge in [-0.3, -0.25) is 4.79 Å². The minimum atomic E-state index is 0.105. The lowest BCUT2D eigenvalue weighted by Crippen LogP contribution is -2.47. The summed E-state index contributed by atoms with van der Waals surface area (Å²) in [6.07, 6.45) is 0. The van der Waals surface area contributed by atoms with Crippen LogP contribution in [0.4, 0.5) is 0 Å². The highest BCUT2D eigenvalue weighted by atomic mass is 35.5. The largest absolute Gasteiger partial charge is 0.489 e. The molecule has 0 N–H and O–H groups in total. The first-order valence-electron chi connectivity index (χ1n) is 8.48. The van der Waals surface area contributed by atoms with Crippen molar-refractivity contribution >= 4 is 17.5 Å². The van der Waals surface area contributed by atoms with Crippen molar-refractivity contribution in [2.45, 2.75) is 13.5 Å². The molecule has 3 rings (SSSR count). The van der Waals surface area contributed by atoms with E-state index in [0.717, 1.165) is 53.6 Å². The number of carbonyl (C=O) groups is 1. The van der Waals surface area contributed by atoms with Gasteiger partial charge in [0.15, 0.2) is 0 Å². The van der Waals surface area contributed by atoms with Crippen LogP contribution in [0.15, 0.2) is 42.5 Å². The molecule has 132 valence electrons. The molecule has 0 unspecified atom stereocenters. The average molecular weight is 359 g/mol. The van der Waals surface area contributed by atoms with Gasteiger partial charge in [-0.25, -0.2) is 0 Å². The molecule has 1 heterocycles. The van der Waals surface area contributed by atoms with Crippen molar-refractivity contribution in [3.63, 3.8) is 0 Å². The van der Waals surface area contributed by atoms with Crippen LogP contribution in [0, 0.1) is 6.92 Å². The van der Waals surface area contributed by atoms with Gasteiger partial charge in [0.25, 0.3) is 5.91 Å². The summed E-state index contributed by atoms with van der Waals surface area (Å²) >= 11 is 6.02. The number of nitrogens with zero attached hydrogens (tertiary/aromatic N) is 2. The maximum absolute atomic E-state index is 12.5. The summed E-state index contributed by atoms with van der Waals surface area (Å²) in [7, 11) is 2.08. The zero-order valence-electron chi connectivity index (χ0n) is 14.7. The van der Waals surface area contributed by atoms with Crippen LogP contribution in [-0.2, 0) is 6.61 Å². The molecule has 0 spiro atoms. The van der Waals surface area contributed by atoms with E-state index in [1.807, 2.05) is 54.3 Å². The number of ether oxygens (including phenoxy) is 1. The number of carbonyl (C=O) groups excluding carboxylic acids is 1. The van der Waals surface area contributed by atoms with Crippen LogP contribution < -0.4 is 4.74 Å². The SMILES string of the molecule is Cc1cc(OCc2ccc(C(=O)N3CCN(C)CC3)cc2)ccc1Cl. The molecule has 0 bridgehead atoms. The fourth-order valence-corrected chi connectivity index (χ4v) is 2.93. The van der Waals surface area contributed by atoms with Crippen molar-refractivity contribution in [3.05, 3.63) is 64.2 Å². The molecule has 1 fully saturated rings. The summed E-state index contributed by atoms with van der Waals surface area (Å²) in [5, 5.41) is 0.735. The summed E-state index contributed by atoms with van der Waals surface area (Å²) in [5.41, 5.74) is 2.76. The van der Waals surface area contributed by atoms with Gasteiger partial charge >= 0.3 is 0 Å².